The summed E-state index contributed by atoms with van der Waals surface area (Å²) in [6, 6.07) is 5.18. The first kappa shape index (κ1) is 14.8. The van der Waals surface area contributed by atoms with E-state index < -0.39 is 0 Å². The maximum Gasteiger partial charge on any atom is 0.129 e. The number of likely N-dealkylation sites (tertiary alicyclic amines) is 1. The van der Waals surface area contributed by atoms with Crippen LogP contribution in [0, 0.1) is 5.82 Å². The van der Waals surface area contributed by atoms with Crippen molar-refractivity contribution in [2.75, 3.05) is 6.54 Å². The van der Waals surface area contributed by atoms with Crippen LogP contribution in [0.1, 0.15) is 44.7 Å². The SMILES string of the molecule is CC(C)N1CCCCC(N)C1c1ccc(Cl)cc1F. The first-order valence-corrected chi connectivity index (χ1v) is 7.34. The Hall–Kier alpha value is -0.640. The highest BCUT2D eigenvalue weighted by atomic mass is 35.5. The van der Waals surface area contributed by atoms with Gasteiger partial charge >= 0.3 is 0 Å². The minimum absolute atomic E-state index is 0.0272. The summed E-state index contributed by atoms with van der Waals surface area (Å²) in [5.41, 5.74) is 6.98. The van der Waals surface area contributed by atoms with Crippen molar-refractivity contribution in [2.24, 2.45) is 5.73 Å². The van der Waals surface area contributed by atoms with Crippen LogP contribution < -0.4 is 5.73 Å². The van der Waals surface area contributed by atoms with Gasteiger partial charge in [-0.1, -0.05) is 24.1 Å². The van der Waals surface area contributed by atoms with E-state index in [0.29, 0.717) is 16.6 Å². The summed E-state index contributed by atoms with van der Waals surface area (Å²) in [6.07, 6.45) is 3.17. The Morgan fingerprint density at radius 2 is 2.11 bits per heavy atom. The van der Waals surface area contributed by atoms with Crippen LogP contribution in [-0.4, -0.2) is 23.5 Å². The lowest BCUT2D eigenvalue weighted by Crippen LogP contribution is -2.43. The molecular weight excluding hydrogens is 263 g/mol. The van der Waals surface area contributed by atoms with Gasteiger partial charge < -0.3 is 5.73 Å². The van der Waals surface area contributed by atoms with E-state index in [1.807, 2.05) is 0 Å². The van der Waals surface area contributed by atoms with Gasteiger partial charge in [0, 0.05) is 22.7 Å². The zero-order chi connectivity index (χ0) is 14.0. The van der Waals surface area contributed by atoms with Crippen LogP contribution in [0.25, 0.3) is 0 Å². The third-order valence-electron chi connectivity index (χ3n) is 3.91. The van der Waals surface area contributed by atoms with Crippen molar-refractivity contribution in [3.63, 3.8) is 0 Å². The standard InChI is InChI=1S/C15H22ClFN2/c1-10(2)19-8-4-3-5-14(18)15(19)12-7-6-11(16)9-13(12)17/h6-7,9-10,14-15H,3-5,8,18H2,1-2H3. The van der Waals surface area contributed by atoms with Crippen LogP contribution in [0.3, 0.4) is 0 Å². The van der Waals surface area contributed by atoms with Gasteiger partial charge in [-0.25, -0.2) is 4.39 Å². The maximum absolute atomic E-state index is 14.2. The quantitative estimate of drug-likeness (QED) is 0.896. The summed E-state index contributed by atoms with van der Waals surface area (Å²) in [6.45, 7) is 5.25. The van der Waals surface area contributed by atoms with Crippen molar-refractivity contribution >= 4 is 11.6 Å². The van der Waals surface area contributed by atoms with E-state index in [1.54, 1.807) is 12.1 Å². The largest absolute Gasteiger partial charge is 0.326 e. The number of hydrogen-bond donors (Lipinski definition) is 1. The summed E-state index contributed by atoms with van der Waals surface area (Å²) in [5.74, 6) is -0.250. The molecule has 1 fully saturated rings. The molecule has 1 aliphatic heterocycles. The number of nitrogens with two attached hydrogens (primary N) is 1. The lowest BCUT2D eigenvalue weighted by molar-refractivity contribution is 0.141. The summed E-state index contributed by atoms with van der Waals surface area (Å²) < 4.78 is 14.2. The first-order valence-electron chi connectivity index (χ1n) is 6.97. The Labute approximate surface area is 119 Å². The number of hydrogen-bond acceptors (Lipinski definition) is 2. The Morgan fingerprint density at radius 3 is 2.74 bits per heavy atom. The van der Waals surface area contributed by atoms with Crippen LogP contribution in [0.2, 0.25) is 5.02 Å². The predicted molar refractivity (Wildman–Crippen MR) is 77.8 cm³/mol. The highest BCUT2D eigenvalue weighted by Gasteiger charge is 2.32. The molecule has 1 saturated heterocycles. The normalized spacial score (nSPS) is 25.6. The molecule has 0 aromatic heterocycles. The summed E-state index contributed by atoms with van der Waals surface area (Å²) in [7, 11) is 0. The maximum atomic E-state index is 14.2. The van der Waals surface area contributed by atoms with Crippen molar-refractivity contribution in [1.82, 2.24) is 4.90 Å². The smallest absolute Gasteiger partial charge is 0.129 e. The fraction of sp³-hybridized carbons (Fsp3) is 0.600. The van der Waals surface area contributed by atoms with Gasteiger partial charge in [0.2, 0.25) is 0 Å². The van der Waals surface area contributed by atoms with E-state index in [2.05, 4.69) is 18.7 Å². The van der Waals surface area contributed by atoms with E-state index in [9.17, 15) is 4.39 Å². The summed E-state index contributed by atoms with van der Waals surface area (Å²) >= 11 is 5.84. The van der Waals surface area contributed by atoms with Crippen molar-refractivity contribution in [3.05, 3.63) is 34.6 Å². The number of halogens is 2. The van der Waals surface area contributed by atoms with Crippen LogP contribution in [-0.2, 0) is 0 Å². The Bertz CT molecular complexity index is 436. The van der Waals surface area contributed by atoms with Gasteiger partial charge in [-0.05, 0) is 45.4 Å². The third-order valence-corrected chi connectivity index (χ3v) is 4.15. The van der Waals surface area contributed by atoms with Crippen molar-refractivity contribution in [1.29, 1.82) is 0 Å². The molecule has 2 unspecified atom stereocenters. The van der Waals surface area contributed by atoms with Gasteiger partial charge in [-0.3, -0.25) is 4.90 Å². The number of rotatable bonds is 2. The van der Waals surface area contributed by atoms with E-state index in [4.69, 9.17) is 17.3 Å². The fourth-order valence-electron chi connectivity index (χ4n) is 2.95. The monoisotopic (exact) mass is 284 g/mol. The molecule has 1 heterocycles. The van der Waals surface area contributed by atoms with Gasteiger partial charge in [-0.2, -0.15) is 0 Å². The second-order valence-electron chi connectivity index (χ2n) is 5.60. The molecule has 0 spiro atoms. The van der Waals surface area contributed by atoms with E-state index in [1.165, 1.54) is 6.07 Å². The van der Waals surface area contributed by atoms with Crippen molar-refractivity contribution in [2.45, 2.75) is 51.2 Å². The fourth-order valence-corrected chi connectivity index (χ4v) is 3.11. The molecule has 2 atom stereocenters. The molecule has 1 aromatic carbocycles. The second kappa shape index (κ2) is 6.21. The molecule has 0 amide bonds. The molecule has 0 bridgehead atoms. The molecule has 1 aromatic rings. The van der Waals surface area contributed by atoms with Crippen molar-refractivity contribution < 1.29 is 4.39 Å². The van der Waals surface area contributed by atoms with Gasteiger partial charge in [0.1, 0.15) is 5.82 Å². The first-order chi connectivity index (χ1) is 9.00. The topological polar surface area (TPSA) is 29.3 Å². The van der Waals surface area contributed by atoms with Crippen LogP contribution >= 0.6 is 11.6 Å². The Balaban J connectivity index is 2.40. The predicted octanol–water partition coefficient (Wildman–Crippen LogP) is 3.74. The minimum atomic E-state index is -0.250. The molecule has 0 aliphatic carbocycles. The number of nitrogens with zero attached hydrogens (tertiary/aromatic N) is 1. The highest BCUT2D eigenvalue weighted by molar-refractivity contribution is 6.30. The summed E-state index contributed by atoms with van der Waals surface area (Å²) in [4.78, 5) is 2.31. The molecular formula is C15H22ClFN2. The van der Waals surface area contributed by atoms with Gasteiger partial charge in [0.05, 0.1) is 6.04 Å². The van der Waals surface area contributed by atoms with Crippen LogP contribution in [0.5, 0.6) is 0 Å². The van der Waals surface area contributed by atoms with Gasteiger partial charge in [0.15, 0.2) is 0 Å². The molecule has 2 rings (SSSR count). The van der Waals surface area contributed by atoms with E-state index in [-0.39, 0.29) is 17.9 Å². The van der Waals surface area contributed by atoms with Crippen LogP contribution in [0.4, 0.5) is 4.39 Å². The lowest BCUT2D eigenvalue weighted by atomic mass is 9.95. The molecule has 0 saturated carbocycles. The molecule has 2 N–H and O–H groups in total. The van der Waals surface area contributed by atoms with E-state index in [0.717, 1.165) is 25.8 Å². The Kier molecular flexibility index (Phi) is 4.82. The minimum Gasteiger partial charge on any atom is -0.326 e. The van der Waals surface area contributed by atoms with Gasteiger partial charge in [0.25, 0.3) is 0 Å². The lowest BCUT2D eigenvalue weighted by Gasteiger charge is -2.36. The van der Waals surface area contributed by atoms with E-state index >= 15 is 0 Å². The molecule has 19 heavy (non-hydrogen) atoms. The average molecular weight is 285 g/mol. The molecule has 106 valence electrons. The zero-order valence-corrected chi connectivity index (χ0v) is 12.3. The zero-order valence-electron chi connectivity index (χ0n) is 11.6. The summed E-state index contributed by atoms with van der Waals surface area (Å²) in [5, 5.41) is 0.430. The molecule has 4 heteroatoms. The molecule has 1 aliphatic rings. The Morgan fingerprint density at radius 1 is 1.37 bits per heavy atom. The van der Waals surface area contributed by atoms with Crippen molar-refractivity contribution in [3.8, 4) is 0 Å². The number of benzene rings is 1. The molecule has 0 radical (unpaired) electrons. The molecule has 2 nitrogen and oxygen atoms in total. The van der Waals surface area contributed by atoms with Gasteiger partial charge in [-0.15, -0.1) is 0 Å². The highest BCUT2D eigenvalue weighted by Crippen LogP contribution is 2.33. The second-order valence-corrected chi connectivity index (χ2v) is 6.04. The average Bonchev–Trinajstić information content (AvgIpc) is 2.52. The third kappa shape index (κ3) is 3.28. The van der Waals surface area contributed by atoms with Crippen LogP contribution in [0.15, 0.2) is 18.2 Å².